The normalized spacial score (nSPS) is 10.1. The van der Waals surface area contributed by atoms with Crippen LogP contribution in [0.15, 0.2) is 24.3 Å². The Hall–Kier alpha value is -1.57. The molecule has 1 aromatic carbocycles. The lowest BCUT2D eigenvalue weighted by atomic mass is 10.2. The van der Waals surface area contributed by atoms with Gasteiger partial charge in [0.2, 0.25) is 0 Å². The molecule has 0 heterocycles. The van der Waals surface area contributed by atoms with E-state index in [1.165, 1.54) is 0 Å². The molecule has 4 nitrogen and oxygen atoms in total. The fraction of sp³-hybridized carbons (Fsp3) is 0.533. The summed E-state index contributed by atoms with van der Waals surface area (Å²) < 4.78 is 5.37. The van der Waals surface area contributed by atoms with Crippen LogP contribution in [0.3, 0.4) is 0 Å². The summed E-state index contributed by atoms with van der Waals surface area (Å²) in [4.78, 5) is 0. The second-order valence-corrected chi connectivity index (χ2v) is 4.37. The Balaban J connectivity index is 2.23. The van der Waals surface area contributed by atoms with E-state index in [1.807, 2.05) is 30.3 Å². The van der Waals surface area contributed by atoms with Crippen molar-refractivity contribution in [3.63, 3.8) is 0 Å². The molecule has 0 aliphatic rings. The van der Waals surface area contributed by atoms with Crippen LogP contribution in [0.2, 0.25) is 0 Å². The molecule has 0 aliphatic heterocycles. The summed E-state index contributed by atoms with van der Waals surface area (Å²) in [5, 5.41) is 20.6. The summed E-state index contributed by atoms with van der Waals surface area (Å²) in [5.41, 5.74) is 1.08. The van der Waals surface area contributed by atoms with Gasteiger partial charge in [-0.3, -0.25) is 0 Å². The van der Waals surface area contributed by atoms with Gasteiger partial charge in [-0.2, -0.15) is 5.26 Å². The van der Waals surface area contributed by atoms with E-state index in [1.54, 1.807) is 0 Å². The first-order valence-electron chi connectivity index (χ1n) is 6.77. The quantitative estimate of drug-likeness (QED) is 0.635. The molecular formula is C15H22N2O2. The molecule has 0 aliphatic carbocycles. The third-order valence-corrected chi connectivity index (χ3v) is 2.84. The first-order valence-corrected chi connectivity index (χ1v) is 6.77. The third-order valence-electron chi connectivity index (χ3n) is 2.84. The van der Waals surface area contributed by atoms with Gasteiger partial charge >= 0.3 is 0 Å². The van der Waals surface area contributed by atoms with Gasteiger partial charge in [0.15, 0.2) is 6.61 Å². The van der Waals surface area contributed by atoms with E-state index in [4.69, 9.17) is 15.1 Å². The monoisotopic (exact) mass is 262 g/mol. The van der Waals surface area contributed by atoms with E-state index in [0.717, 1.165) is 50.1 Å². The van der Waals surface area contributed by atoms with E-state index in [2.05, 4.69) is 5.32 Å². The van der Waals surface area contributed by atoms with E-state index >= 15 is 0 Å². The van der Waals surface area contributed by atoms with Crippen molar-refractivity contribution in [2.75, 3.05) is 19.8 Å². The van der Waals surface area contributed by atoms with Gasteiger partial charge in [0.1, 0.15) is 11.8 Å². The van der Waals surface area contributed by atoms with E-state index in [-0.39, 0.29) is 13.2 Å². The smallest absolute Gasteiger partial charge is 0.174 e. The van der Waals surface area contributed by atoms with Crippen molar-refractivity contribution in [3.8, 4) is 11.8 Å². The number of rotatable bonds is 10. The van der Waals surface area contributed by atoms with E-state index in [9.17, 15) is 0 Å². The van der Waals surface area contributed by atoms with Gasteiger partial charge in [-0.25, -0.2) is 0 Å². The van der Waals surface area contributed by atoms with Crippen molar-refractivity contribution in [2.24, 2.45) is 0 Å². The second kappa shape index (κ2) is 10.4. The minimum Gasteiger partial charge on any atom is -0.478 e. The Kier molecular flexibility index (Phi) is 8.45. The Morgan fingerprint density at radius 1 is 1.16 bits per heavy atom. The minimum absolute atomic E-state index is 0.0815. The lowest BCUT2D eigenvalue weighted by molar-refractivity contribution is 0.282. The minimum atomic E-state index is 0.0815. The topological polar surface area (TPSA) is 65.3 Å². The number of nitrogens with one attached hydrogen (secondary N) is 1. The molecule has 0 amide bonds. The molecule has 0 saturated carbocycles. The highest BCUT2D eigenvalue weighted by molar-refractivity contribution is 5.33. The van der Waals surface area contributed by atoms with Crippen LogP contribution >= 0.6 is 0 Å². The van der Waals surface area contributed by atoms with Crippen molar-refractivity contribution in [3.05, 3.63) is 29.8 Å². The number of unbranched alkanes of at least 4 members (excludes halogenated alkanes) is 3. The number of benzene rings is 1. The number of nitriles is 1. The molecule has 0 spiro atoms. The highest BCUT2D eigenvalue weighted by atomic mass is 16.5. The van der Waals surface area contributed by atoms with Crippen molar-refractivity contribution >= 4 is 0 Å². The molecule has 0 aromatic heterocycles. The van der Waals surface area contributed by atoms with Gasteiger partial charge in [0.25, 0.3) is 0 Å². The Morgan fingerprint density at radius 2 is 1.95 bits per heavy atom. The van der Waals surface area contributed by atoms with Gasteiger partial charge < -0.3 is 15.2 Å². The number of aliphatic hydroxyl groups excluding tert-OH is 1. The number of hydrogen-bond acceptors (Lipinski definition) is 4. The van der Waals surface area contributed by atoms with Crippen LogP contribution in [0.25, 0.3) is 0 Å². The largest absolute Gasteiger partial charge is 0.478 e. The maximum absolute atomic E-state index is 8.67. The first kappa shape index (κ1) is 15.5. The highest BCUT2D eigenvalue weighted by Crippen LogP contribution is 2.17. The van der Waals surface area contributed by atoms with Gasteiger partial charge in [-0.1, -0.05) is 31.0 Å². The van der Waals surface area contributed by atoms with Crippen molar-refractivity contribution < 1.29 is 9.84 Å². The molecule has 19 heavy (non-hydrogen) atoms. The Labute approximate surface area is 115 Å². The molecule has 0 atom stereocenters. The average Bonchev–Trinajstić information content (AvgIpc) is 2.45. The lowest BCUT2D eigenvalue weighted by Crippen LogP contribution is -2.15. The molecule has 0 unspecified atom stereocenters. The molecular weight excluding hydrogens is 240 g/mol. The SMILES string of the molecule is N#CCOc1ccccc1CNCCCCCCO. The summed E-state index contributed by atoms with van der Waals surface area (Å²) in [7, 11) is 0. The van der Waals surface area contributed by atoms with Gasteiger partial charge in [-0.05, 0) is 25.5 Å². The van der Waals surface area contributed by atoms with Gasteiger partial charge in [0.05, 0.1) is 0 Å². The number of ether oxygens (including phenoxy) is 1. The second-order valence-electron chi connectivity index (χ2n) is 4.37. The van der Waals surface area contributed by atoms with Crippen LogP contribution in [-0.4, -0.2) is 24.9 Å². The average molecular weight is 262 g/mol. The van der Waals surface area contributed by atoms with Crippen LogP contribution < -0.4 is 10.1 Å². The molecule has 104 valence electrons. The van der Waals surface area contributed by atoms with Crippen molar-refractivity contribution in [1.82, 2.24) is 5.32 Å². The first-order chi connectivity index (χ1) is 9.38. The molecule has 4 heteroatoms. The maximum Gasteiger partial charge on any atom is 0.174 e. The predicted octanol–water partition coefficient (Wildman–Crippen LogP) is 2.23. The lowest BCUT2D eigenvalue weighted by Gasteiger charge is -2.10. The van der Waals surface area contributed by atoms with Crippen LogP contribution in [-0.2, 0) is 6.54 Å². The number of para-hydroxylation sites is 1. The fourth-order valence-electron chi connectivity index (χ4n) is 1.84. The van der Waals surface area contributed by atoms with Crippen LogP contribution in [0, 0.1) is 11.3 Å². The van der Waals surface area contributed by atoms with Crippen LogP contribution in [0.5, 0.6) is 5.75 Å². The summed E-state index contributed by atoms with van der Waals surface area (Å²) in [5.74, 6) is 0.775. The predicted molar refractivity (Wildman–Crippen MR) is 74.8 cm³/mol. The third kappa shape index (κ3) is 6.80. The zero-order valence-electron chi connectivity index (χ0n) is 11.3. The van der Waals surface area contributed by atoms with Crippen molar-refractivity contribution in [1.29, 1.82) is 5.26 Å². The van der Waals surface area contributed by atoms with Crippen LogP contribution in [0.1, 0.15) is 31.2 Å². The maximum atomic E-state index is 8.67. The summed E-state index contributed by atoms with van der Waals surface area (Å²) in [6.45, 7) is 2.08. The highest BCUT2D eigenvalue weighted by Gasteiger charge is 2.01. The standard InChI is InChI=1S/C15H22N2O2/c16-9-12-19-15-8-4-3-7-14(15)13-17-10-5-1-2-6-11-18/h3-4,7-8,17-18H,1-2,5-6,10-13H2. The number of aliphatic hydroxyl groups is 1. The van der Waals surface area contributed by atoms with Gasteiger partial charge in [0, 0.05) is 18.7 Å². The molecule has 0 saturated heterocycles. The summed E-state index contributed by atoms with van der Waals surface area (Å²) in [6.07, 6.45) is 4.23. The summed E-state index contributed by atoms with van der Waals surface area (Å²) >= 11 is 0. The number of nitrogens with zero attached hydrogens (tertiary/aromatic N) is 1. The zero-order chi connectivity index (χ0) is 13.8. The Morgan fingerprint density at radius 3 is 2.74 bits per heavy atom. The van der Waals surface area contributed by atoms with Crippen LogP contribution in [0.4, 0.5) is 0 Å². The number of hydrogen-bond donors (Lipinski definition) is 2. The Bertz CT molecular complexity index is 388. The van der Waals surface area contributed by atoms with Crippen molar-refractivity contribution in [2.45, 2.75) is 32.2 Å². The van der Waals surface area contributed by atoms with Gasteiger partial charge in [-0.15, -0.1) is 0 Å². The molecule has 1 aromatic rings. The molecule has 2 N–H and O–H groups in total. The zero-order valence-corrected chi connectivity index (χ0v) is 11.3. The molecule has 0 bridgehead atoms. The summed E-state index contributed by atoms with van der Waals surface area (Å²) in [6, 6.07) is 9.74. The van der Waals surface area contributed by atoms with E-state index in [0.29, 0.717) is 0 Å². The molecule has 0 fully saturated rings. The fourth-order valence-corrected chi connectivity index (χ4v) is 1.84. The van der Waals surface area contributed by atoms with E-state index < -0.39 is 0 Å². The molecule has 1 rings (SSSR count). The molecule has 0 radical (unpaired) electrons.